The summed E-state index contributed by atoms with van der Waals surface area (Å²) in [4.78, 5) is 2.03. The van der Waals surface area contributed by atoms with Crippen LogP contribution in [0.15, 0.2) is 22.5 Å². The fourth-order valence-electron chi connectivity index (χ4n) is 1.88. The first-order chi connectivity index (χ1) is 6.72. The zero-order valence-corrected chi connectivity index (χ0v) is 8.40. The summed E-state index contributed by atoms with van der Waals surface area (Å²) >= 11 is 0. The third-order valence-electron chi connectivity index (χ3n) is 2.72. The molecule has 4 nitrogen and oxygen atoms in total. The molecule has 1 atom stereocenters. The summed E-state index contributed by atoms with van der Waals surface area (Å²) in [6.07, 6.45) is 3.03. The van der Waals surface area contributed by atoms with Gasteiger partial charge in [0.05, 0.1) is 18.0 Å². The standard InChI is InChI=1S/C10H14N2O2/c1-7-5-10(14-11-7)9-4-3-8(6-13)12(9)2/h5-6,9,13H,3-4H2,1-2H3/b8-6+. The van der Waals surface area contributed by atoms with E-state index in [1.54, 1.807) is 0 Å². The van der Waals surface area contributed by atoms with Gasteiger partial charge < -0.3 is 14.5 Å². The van der Waals surface area contributed by atoms with Gasteiger partial charge in [0.1, 0.15) is 0 Å². The first kappa shape index (κ1) is 9.12. The van der Waals surface area contributed by atoms with Crippen molar-refractivity contribution in [3.05, 3.63) is 29.5 Å². The zero-order valence-electron chi connectivity index (χ0n) is 8.40. The molecule has 0 aliphatic carbocycles. The average molecular weight is 194 g/mol. The number of aromatic nitrogens is 1. The number of aliphatic hydroxyl groups is 1. The Hall–Kier alpha value is -1.45. The Morgan fingerprint density at radius 2 is 2.50 bits per heavy atom. The van der Waals surface area contributed by atoms with Crippen LogP contribution in [0.1, 0.15) is 30.3 Å². The maximum absolute atomic E-state index is 8.96. The highest BCUT2D eigenvalue weighted by Gasteiger charge is 2.29. The van der Waals surface area contributed by atoms with E-state index >= 15 is 0 Å². The van der Waals surface area contributed by atoms with Crippen molar-refractivity contribution in [2.75, 3.05) is 7.05 Å². The summed E-state index contributed by atoms with van der Waals surface area (Å²) in [7, 11) is 1.96. The molecule has 1 fully saturated rings. The van der Waals surface area contributed by atoms with Gasteiger partial charge in [-0.1, -0.05) is 5.16 Å². The molecule has 2 rings (SSSR count). The largest absolute Gasteiger partial charge is 0.514 e. The lowest BCUT2D eigenvalue weighted by atomic mass is 10.1. The Bertz CT molecular complexity index is 357. The van der Waals surface area contributed by atoms with Gasteiger partial charge in [-0.2, -0.15) is 0 Å². The summed E-state index contributed by atoms with van der Waals surface area (Å²) in [5.41, 5.74) is 1.85. The number of rotatable bonds is 1. The van der Waals surface area contributed by atoms with Gasteiger partial charge in [0.2, 0.25) is 0 Å². The smallest absolute Gasteiger partial charge is 0.159 e. The van der Waals surface area contributed by atoms with Crippen molar-refractivity contribution in [2.24, 2.45) is 0 Å². The molecule has 0 aromatic carbocycles. The number of hydrogen-bond acceptors (Lipinski definition) is 4. The van der Waals surface area contributed by atoms with E-state index < -0.39 is 0 Å². The van der Waals surface area contributed by atoms with Crippen LogP contribution in [0.5, 0.6) is 0 Å². The lowest BCUT2D eigenvalue weighted by Gasteiger charge is -2.19. The van der Waals surface area contributed by atoms with E-state index in [0.717, 1.165) is 30.0 Å². The molecule has 0 radical (unpaired) electrons. The predicted molar refractivity (Wildman–Crippen MR) is 51.7 cm³/mol. The number of aryl methyl sites for hydroxylation is 1. The number of allylic oxidation sites excluding steroid dienone is 1. The molecule has 0 bridgehead atoms. The van der Waals surface area contributed by atoms with E-state index in [0.29, 0.717) is 0 Å². The van der Waals surface area contributed by atoms with E-state index in [4.69, 9.17) is 9.63 Å². The molecule has 0 saturated carbocycles. The normalized spacial score (nSPS) is 24.9. The van der Waals surface area contributed by atoms with Crippen molar-refractivity contribution in [2.45, 2.75) is 25.8 Å². The second-order valence-electron chi connectivity index (χ2n) is 3.66. The van der Waals surface area contributed by atoms with E-state index in [9.17, 15) is 0 Å². The molecule has 1 saturated heterocycles. The minimum Gasteiger partial charge on any atom is -0.514 e. The predicted octanol–water partition coefficient (Wildman–Crippen LogP) is 2.15. The zero-order chi connectivity index (χ0) is 10.1. The first-order valence-corrected chi connectivity index (χ1v) is 4.71. The van der Waals surface area contributed by atoms with Crippen molar-refractivity contribution in [1.29, 1.82) is 0 Å². The quantitative estimate of drug-likeness (QED) is 0.696. The average Bonchev–Trinajstić information content (AvgIpc) is 2.72. The second-order valence-corrected chi connectivity index (χ2v) is 3.66. The third-order valence-corrected chi connectivity index (χ3v) is 2.72. The van der Waals surface area contributed by atoms with Crippen LogP contribution in [0, 0.1) is 6.92 Å². The SMILES string of the molecule is Cc1cc(C2CC/C(=C\O)N2C)on1. The van der Waals surface area contributed by atoms with Gasteiger partial charge in [-0.15, -0.1) is 0 Å². The van der Waals surface area contributed by atoms with Crippen LogP contribution in [0.4, 0.5) is 0 Å². The van der Waals surface area contributed by atoms with Gasteiger partial charge in [-0.25, -0.2) is 0 Å². The molecule has 14 heavy (non-hydrogen) atoms. The van der Waals surface area contributed by atoms with Crippen LogP contribution >= 0.6 is 0 Å². The summed E-state index contributed by atoms with van der Waals surface area (Å²) in [5, 5.41) is 12.8. The Balaban J connectivity index is 2.22. The van der Waals surface area contributed by atoms with Crippen LogP contribution in [0.25, 0.3) is 0 Å². The highest BCUT2D eigenvalue weighted by Crippen LogP contribution is 2.36. The van der Waals surface area contributed by atoms with Crippen LogP contribution < -0.4 is 0 Å². The molecular formula is C10H14N2O2. The van der Waals surface area contributed by atoms with Crippen molar-refractivity contribution in [3.63, 3.8) is 0 Å². The van der Waals surface area contributed by atoms with Crippen molar-refractivity contribution < 1.29 is 9.63 Å². The molecule has 2 heterocycles. The van der Waals surface area contributed by atoms with Crippen LogP contribution in [0.3, 0.4) is 0 Å². The number of aliphatic hydroxyl groups excluding tert-OH is 1. The van der Waals surface area contributed by atoms with Gasteiger partial charge in [-0.05, 0) is 19.8 Å². The van der Waals surface area contributed by atoms with E-state index in [2.05, 4.69) is 5.16 Å². The summed E-state index contributed by atoms with van der Waals surface area (Å²) in [6, 6.07) is 2.16. The molecule has 1 aliphatic heterocycles. The number of hydrogen-bond donors (Lipinski definition) is 1. The Morgan fingerprint density at radius 1 is 1.71 bits per heavy atom. The molecule has 1 aromatic rings. The van der Waals surface area contributed by atoms with Crippen LogP contribution in [0.2, 0.25) is 0 Å². The van der Waals surface area contributed by atoms with Gasteiger partial charge in [-0.3, -0.25) is 0 Å². The fourth-order valence-corrected chi connectivity index (χ4v) is 1.88. The number of likely N-dealkylation sites (tertiary alicyclic amines) is 1. The Kier molecular flexibility index (Phi) is 2.19. The van der Waals surface area contributed by atoms with Crippen molar-refractivity contribution >= 4 is 0 Å². The highest BCUT2D eigenvalue weighted by atomic mass is 16.5. The molecule has 1 aromatic heterocycles. The fraction of sp³-hybridized carbons (Fsp3) is 0.500. The summed E-state index contributed by atoms with van der Waals surface area (Å²) < 4.78 is 5.21. The molecule has 76 valence electrons. The first-order valence-electron chi connectivity index (χ1n) is 4.71. The molecular weight excluding hydrogens is 180 g/mol. The lowest BCUT2D eigenvalue weighted by Crippen LogP contribution is -2.15. The van der Waals surface area contributed by atoms with Crippen LogP contribution in [-0.4, -0.2) is 22.2 Å². The second kappa shape index (κ2) is 3.36. The maximum atomic E-state index is 8.96. The number of nitrogens with zero attached hydrogens (tertiary/aromatic N) is 2. The Morgan fingerprint density at radius 3 is 3.00 bits per heavy atom. The summed E-state index contributed by atoms with van der Waals surface area (Å²) in [5.74, 6) is 0.877. The van der Waals surface area contributed by atoms with E-state index in [1.807, 2.05) is 24.9 Å². The molecule has 1 aliphatic rings. The molecule has 1 N–H and O–H groups in total. The van der Waals surface area contributed by atoms with Gasteiger partial charge in [0, 0.05) is 18.8 Å². The topological polar surface area (TPSA) is 49.5 Å². The van der Waals surface area contributed by atoms with E-state index in [-0.39, 0.29) is 6.04 Å². The lowest BCUT2D eigenvalue weighted by molar-refractivity contribution is 0.268. The van der Waals surface area contributed by atoms with Gasteiger partial charge in [0.25, 0.3) is 0 Å². The van der Waals surface area contributed by atoms with Gasteiger partial charge in [0.15, 0.2) is 5.76 Å². The minimum atomic E-state index is 0.217. The molecule has 0 amide bonds. The van der Waals surface area contributed by atoms with Crippen molar-refractivity contribution in [3.8, 4) is 0 Å². The van der Waals surface area contributed by atoms with E-state index in [1.165, 1.54) is 6.26 Å². The van der Waals surface area contributed by atoms with Gasteiger partial charge >= 0.3 is 0 Å². The van der Waals surface area contributed by atoms with Crippen LogP contribution in [-0.2, 0) is 0 Å². The maximum Gasteiger partial charge on any atom is 0.159 e. The molecule has 0 spiro atoms. The summed E-state index contributed by atoms with van der Waals surface area (Å²) in [6.45, 7) is 1.91. The monoisotopic (exact) mass is 194 g/mol. The molecule has 4 heteroatoms. The highest BCUT2D eigenvalue weighted by molar-refractivity contribution is 5.15. The molecule has 1 unspecified atom stereocenters. The van der Waals surface area contributed by atoms with Crippen molar-refractivity contribution in [1.82, 2.24) is 10.1 Å². The Labute approximate surface area is 82.8 Å². The third kappa shape index (κ3) is 1.36. The minimum absolute atomic E-state index is 0.217.